The van der Waals surface area contributed by atoms with E-state index in [9.17, 15) is 8.42 Å². The van der Waals surface area contributed by atoms with Crippen molar-refractivity contribution in [3.63, 3.8) is 0 Å². The molecule has 0 aliphatic rings. The van der Waals surface area contributed by atoms with E-state index in [4.69, 9.17) is 0 Å². The van der Waals surface area contributed by atoms with Gasteiger partial charge in [-0.2, -0.15) is 0 Å². The molecule has 0 amide bonds. The van der Waals surface area contributed by atoms with Crippen molar-refractivity contribution >= 4 is 27.5 Å². The summed E-state index contributed by atoms with van der Waals surface area (Å²) >= 11 is 1.59. The van der Waals surface area contributed by atoms with E-state index in [0.29, 0.717) is 11.4 Å². The number of rotatable bonds is 5. The lowest BCUT2D eigenvalue weighted by molar-refractivity contribution is 0.591. The number of aryl methyl sites for hydroxylation is 2. The van der Waals surface area contributed by atoms with Crippen LogP contribution in [-0.2, 0) is 10.0 Å². The van der Waals surface area contributed by atoms with Crippen LogP contribution in [0.3, 0.4) is 0 Å². The van der Waals surface area contributed by atoms with Crippen LogP contribution in [0.15, 0.2) is 52.3 Å². The highest BCUT2D eigenvalue weighted by Crippen LogP contribution is 2.28. The molecule has 3 nitrogen and oxygen atoms in total. The predicted molar refractivity (Wildman–Crippen MR) is 94.3 cm³/mol. The Bertz CT molecular complexity index is 753. The molecule has 0 heterocycles. The quantitative estimate of drug-likeness (QED) is 0.767. The summed E-state index contributed by atoms with van der Waals surface area (Å²) < 4.78 is 27.4. The molecule has 0 atom stereocenters. The van der Waals surface area contributed by atoms with Gasteiger partial charge in [-0.25, -0.2) is 8.42 Å². The summed E-state index contributed by atoms with van der Waals surface area (Å²) in [5.41, 5.74) is 2.75. The zero-order valence-corrected chi connectivity index (χ0v) is 15.0. The van der Waals surface area contributed by atoms with Gasteiger partial charge < -0.3 is 0 Å². The predicted octanol–water partition coefficient (Wildman–Crippen LogP) is 4.24. The second-order valence-corrected chi connectivity index (χ2v) is 7.88. The van der Waals surface area contributed by atoms with Crippen molar-refractivity contribution in [3.05, 3.63) is 53.6 Å². The number of thioether (sulfide) groups is 1. The first-order chi connectivity index (χ1) is 10.4. The maximum Gasteiger partial charge on any atom is 0.264 e. The van der Waals surface area contributed by atoms with Gasteiger partial charge in [0.05, 0.1) is 10.6 Å². The Kier molecular flexibility index (Phi) is 5.19. The van der Waals surface area contributed by atoms with Gasteiger partial charge in [0.1, 0.15) is 0 Å². The number of benzene rings is 2. The molecule has 0 N–H and O–H groups in total. The second-order valence-electron chi connectivity index (χ2n) is 5.14. The van der Waals surface area contributed by atoms with Crippen molar-refractivity contribution in [2.75, 3.05) is 17.1 Å². The van der Waals surface area contributed by atoms with Crippen molar-refractivity contribution in [1.29, 1.82) is 0 Å². The summed E-state index contributed by atoms with van der Waals surface area (Å²) in [6.07, 6.45) is 1.97. The zero-order chi connectivity index (χ0) is 16.3. The first-order valence-corrected chi connectivity index (χ1v) is 9.80. The molecule has 0 aromatic heterocycles. The van der Waals surface area contributed by atoms with E-state index in [-0.39, 0.29) is 0 Å². The summed E-state index contributed by atoms with van der Waals surface area (Å²) in [7, 11) is -3.54. The molecular weight excluding hydrogens is 314 g/mol. The van der Waals surface area contributed by atoms with E-state index in [2.05, 4.69) is 0 Å². The molecular formula is C17H21NO2S2. The Hall–Kier alpha value is -1.46. The van der Waals surface area contributed by atoms with E-state index in [0.717, 1.165) is 21.7 Å². The van der Waals surface area contributed by atoms with Gasteiger partial charge >= 0.3 is 0 Å². The van der Waals surface area contributed by atoms with Gasteiger partial charge in [0.15, 0.2) is 0 Å². The number of hydrogen-bond donors (Lipinski definition) is 0. The van der Waals surface area contributed by atoms with Crippen LogP contribution < -0.4 is 4.31 Å². The smallest absolute Gasteiger partial charge is 0.264 e. The minimum absolute atomic E-state index is 0.327. The normalized spacial score (nSPS) is 11.5. The number of nitrogens with zero attached hydrogens (tertiary/aromatic N) is 1. The molecule has 0 bridgehead atoms. The Morgan fingerprint density at radius 3 is 2.23 bits per heavy atom. The minimum Gasteiger partial charge on any atom is -0.266 e. The van der Waals surface area contributed by atoms with Crippen molar-refractivity contribution in [1.82, 2.24) is 0 Å². The van der Waals surface area contributed by atoms with Crippen LogP contribution in [-0.4, -0.2) is 21.2 Å². The lowest BCUT2D eigenvalue weighted by Crippen LogP contribution is -2.31. The van der Waals surface area contributed by atoms with Crippen LogP contribution in [0.25, 0.3) is 0 Å². The largest absolute Gasteiger partial charge is 0.266 e. The molecule has 2 aromatic carbocycles. The molecule has 2 aromatic rings. The zero-order valence-electron chi connectivity index (χ0n) is 13.3. The third-order valence-electron chi connectivity index (χ3n) is 3.57. The second kappa shape index (κ2) is 6.75. The van der Waals surface area contributed by atoms with E-state index in [1.54, 1.807) is 23.9 Å². The Balaban J connectivity index is 2.50. The van der Waals surface area contributed by atoms with Crippen LogP contribution in [0.2, 0.25) is 0 Å². The fourth-order valence-electron chi connectivity index (χ4n) is 2.33. The Morgan fingerprint density at radius 2 is 1.68 bits per heavy atom. The van der Waals surface area contributed by atoms with Crippen LogP contribution in [0, 0.1) is 13.8 Å². The monoisotopic (exact) mass is 335 g/mol. The molecule has 22 heavy (non-hydrogen) atoms. The van der Waals surface area contributed by atoms with Gasteiger partial charge in [-0.15, -0.1) is 11.8 Å². The number of hydrogen-bond acceptors (Lipinski definition) is 3. The minimum atomic E-state index is -3.54. The average Bonchev–Trinajstić information content (AvgIpc) is 2.51. The van der Waals surface area contributed by atoms with Gasteiger partial charge in [-0.3, -0.25) is 4.31 Å². The molecule has 2 rings (SSSR count). The van der Waals surface area contributed by atoms with E-state index in [1.807, 2.05) is 57.4 Å². The highest BCUT2D eigenvalue weighted by molar-refractivity contribution is 7.98. The van der Waals surface area contributed by atoms with Crippen molar-refractivity contribution in [3.8, 4) is 0 Å². The van der Waals surface area contributed by atoms with Gasteiger partial charge in [0.2, 0.25) is 0 Å². The molecule has 0 fully saturated rings. The maximum absolute atomic E-state index is 12.9. The molecule has 0 aliphatic carbocycles. The first kappa shape index (κ1) is 16.9. The summed E-state index contributed by atoms with van der Waals surface area (Å²) in [6.45, 7) is 6.16. The fraction of sp³-hybridized carbons (Fsp3) is 0.294. The summed E-state index contributed by atoms with van der Waals surface area (Å²) in [6, 6.07) is 12.9. The average molecular weight is 335 g/mol. The standard InChI is InChI=1S/C17H21NO2S2/c1-5-18(17-12-13(2)6-7-14(17)3)22(19,20)16-10-8-15(21-4)9-11-16/h6-12H,5H2,1-4H3. The summed E-state index contributed by atoms with van der Waals surface area (Å²) in [4.78, 5) is 1.38. The molecule has 5 heteroatoms. The third kappa shape index (κ3) is 3.31. The van der Waals surface area contributed by atoms with Gasteiger partial charge in [0, 0.05) is 11.4 Å². The highest BCUT2D eigenvalue weighted by Gasteiger charge is 2.24. The topological polar surface area (TPSA) is 37.4 Å². The lowest BCUT2D eigenvalue weighted by atomic mass is 10.1. The molecule has 0 saturated carbocycles. The number of anilines is 1. The lowest BCUT2D eigenvalue weighted by Gasteiger charge is -2.25. The molecule has 118 valence electrons. The Morgan fingerprint density at radius 1 is 1.05 bits per heavy atom. The van der Waals surface area contributed by atoms with Crippen molar-refractivity contribution in [2.45, 2.75) is 30.6 Å². The highest BCUT2D eigenvalue weighted by atomic mass is 32.2. The van der Waals surface area contributed by atoms with Crippen LogP contribution in [0.4, 0.5) is 5.69 Å². The van der Waals surface area contributed by atoms with Crippen molar-refractivity contribution < 1.29 is 8.42 Å². The third-order valence-corrected chi connectivity index (χ3v) is 6.21. The van der Waals surface area contributed by atoms with E-state index in [1.165, 1.54) is 4.31 Å². The fourth-order valence-corrected chi connectivity index (χ4v) is 4.27. The van der Waals surface area contributed by atoms with E-state index >= 15 is 0 Å². The molecule has 0 radical (unpaired) electrons. The molecule has 0 saturated heterocycles. The van der Waals surface area contributed by atoms with Crippen LogP contribution in [0.5, 0.6) is 0 Å². The van der Waals surface area contributed by atoms with Crippen LogP contribution in [0.1, 0.15) is 18.1 Å². The molecule has 0 aliphatic heterocycles. The van der Waals surface area contributed by atoms with Gasteiger partial charge in [-0.1, -0.05) is 12.1 Å². The van der Waals surface area contributed by atoms with Crippen molar-refractivity contribution in [2.24, 2.45) is 0 Å². The summed E-state index contributed by atoms with van der Waals surface area (Å²) in [5, 5.41) is 0. The SMILES string of the molecule is CCN(c1cc(C)ccc1C)S(=O)(=O)c1ccc(SC)cc1. The van der Waals surface area contributed by atoms with Gasteiger partial charge in [-0.05, 0) is 68.5 Å². The molecule has 0 spiro atoms. The number of sulfonamides is 1. The summed E-state index contributed by atoms with van der Waals surface area (Å²) in [5.74, 6) is 0. The first-order valence-electron chi connectivity index (χ1n) is 7.14. The van der Waals surface area contributed by atoms with E-state index < -0.39 is 10.0 Å². The molecule has 0 unspecified atom stereocenters. The van der Waals surface area contributed by atoms with Crippen LogP contribution >= 0.6 is 11.8 Å². The maximum atomic E-state index is 12.9. The Labute approximate surface area is 137 Å². The van der Waals surface area contributed by atoms with Gasteiger partial charge in [0.25, 0.3) is 10.0 Å².